The van der Waals surface area contributed by atoms with E-state index in [2.05, 4.69) is 63.7 Å². The SMILES string of the molecule is CC(C)CNc1nc(NCC(C)C)nc(/C(=C/NCc2nc(-c3ccccc3)c(-c3ccccc3)o2)N=N)n1. The Bertz CT molecular complexity index is 1300. The van der Waals surface area contributed by atoms with E-state index in [-0.39, 0.29) is 18.1 Å². The van der Waals surface area contributed by atoms with Crippen LogP contribution in [0.5, 0.6) is 0 Å². The third-order valence-electron chi connectivity index (χ3n) is 5.57. The fourth-order valence-electron chi connectivity index (χ4n) is 3.64. The van der Waals surface area contributed by atoms with Crippen LogP contribution in [0.15, 0.2) is 76.4 Å². The second-order valence-electron chi connectivity index (χ2n) is 9.90. The molecule has 0 saturated heterocycles. The normalized spacial score (nSPS) is 11.6. The van der Waals surface area contributed by atoms with Gasteiger partial charge in [-0.2, -0.15) is 20.1 Å². The van der Waals surface area contributed by atoms with Crippen LogP contribution in [-0.4, -0.2) is 33.0 Å². The molecule has 0 spiro atoms. The van der Waals surface area contributed by atoms with Gasteiger partial charge in [-0.3, -0.25) is 0 Å². The maximum absolute atomic E-state index is 7.76. The van der Waals surface area contributed by atoms with Gasteiger partial charge in [-0.15, -0.1) is 0 Å². The molecule has 0 amide bonds. The molecule has 0 unspecified atom stereocenters. The smallest absolute Gasteiger partial charge is 0.228 e. The van der Waals surface area contributed by atoms with Crippen molar-refractivity contribution >= 4 is 17.6 Å². The summed E-state index contributed by atoms with van der Waals surface area (Å²) in [5.41, 5.74) is 10.7. The maximum Gasteiger partial charge on any atom is 0.228 e. The molecule has 39 heavy (non-hydrogen) atoms. The van der Waals surface area contributed by atoms with Crippen LogP contribution in [0.4, 0.5) is 11.9 Å². The summed E-state index contributed by atoms with van der Waals surface area (Å²) in [6.07, 6.45) is 1.59. The average Bonchev–Trinajstić information content (AvgIpc) is 3.38. The van der Waals surface area contributed by atoms with Crippen LogP contribution in [-0.2, 0) is 6.54 Å². The Labute approximate surface area is 228 Å². The van der Waals surface area contributed by atoms with Gasteiger partial charge in [0.05, 0.1) is 6.54 Å². The van der Waals surface area contributed by atoms with Gasteiger partial charge in [-0.25, -0.2) is 10.5 Å². The number of anilines is 2. The predicted octanol–water partition coefficient (Wildman–Crippen LogP) is 6.45. The minimum absolute atomic E-state index is 0.260. The summed E-state index contributed by atoms with van der Waals surface area (Å²) in [4.78, 5) is 18.2. The summed E-state index contributed by atoms with van der Waals surface area (Å²) in [7, 11) is 0. The van der Waals surface area contributed by atoms with Crippen molar-refractivity contribution in [2.75, 3.05) is 23.7 Å². The van der Waals surface area contributed by atoms with Crippen LogP contribution in [0.3, 0.4) is 0 Å². The lowest BCUT2D eigenvalue weighted by Crippen LogP contribution is -2.16. The van der Waals surface area contributed by atoms with E-state index in [4.69, 9.17) is 14.9 Å². The molecule has 4 aromatic rings. The number of aromatic nitrogens is 4. The molecule has 0 aliphatic carbocycles. The fourth-order valence-corrected chi connectivity index (χ4v) is 3.64. The van der Waals surface area contributed by atoms with E-state index in [0.29, 0.717) is 48.5 Å². The van der Waals surface area contributed by atoms with Crippen LogP contribution in [0.1, 0.15) is 39.4 Å². The van der Waals surface area contributed by atoms with Crippen LogP contribution in [0.2, 0.25) is 0 Å². The summed E-state index contributed by atoms with van der Waals surface area (Å²) in [5, 5.41) is 13.3. The minimum Gasteiger partial charge on any atom is -0.438 e. The fraction of sp³-hybridized carbons (Fsp3) is 0.310. The van der Waals surface area contributed by atoms with Crippen molar-refractivity contribution in [1.29, 1.82) is 5.53 Å². The third-order valence-corrected chi connectivity index (χ3v) is 5.57. The molecule has 4 N–H and O–H groups in total. The van der Waals surface area contributed by atoms with Crippen molar-refractivity contribution in [2.24, 2.45) is 17.0 Å². The summed E-state index contributed by atoms with van der Waals surface area (Å²) in [6, 6.07) is 19.8. The Hall–Kier alpha value is -4.60. The zero-order valence-corrected chi connectivity index (χ0v) is 22.8. The number of oxazole rings is 1. The monoisotopic (exact) mass is 525 g/mol. The van der Waals surface area contributed by atoms with E-state index in [1.54, 1.807) is 6.20 Å². The number of nitrogens with zero attached hydrogens (tertiary/aromatic N) is 5. The molecule has 2 aromatic carbocycles. The quantitative estimate of drug-likeness (QED) is 0.146. The van der Waals surface area contributed by atoms with E-state index >= 15 is 0 Å². The van der Waals surface area contributed by atoms with Gasteiger partial charge in [0.25, 0.3) is 0 Å². The van der Waals surface area contributed by atoms with E-state index in [1.165, 1.54) is 0 Å². The molecule has 0 saturated carbocycles. The number of nitrogens with one attached hydrogen (secondary N) is 4. The van der Waals surface area contributed by atoms with Gasteiger partial charge >= 0.3 is 0 Å². The zero-order valence-electron chi connectivity index (χ0n) is 22.8. The minimum atomic E-state index is 0.260. The Morgan fingerprint density at radius 1 is 0.821 bits per heavy atom. The van der Waals surface area contributed by atoms with Crippen LogP contribution < -0.4 is 16.0 Å². The van der Waals surface area contributed by atoms with Crippen molar-refractivity contribution in [3.8, 4) is 22.6 Å². The molecule has 0 atom stereocenters. The first-order valence-electron chi connectivity index (χ1n) is 13.1. The van der Waals surface area contributed by atoms with E-state index in [9.17, 15) is 0 Å². The molecular formula is C29H35N9O. The molecule has 0 bridgehead atoms. The summed E-state index contributed by atoms with van der Waals surface area (Å²) in [5.74, 6) is 3.18. The molecule has 0 radical (unpaired) electrons. The second-order valence-corrected chi connectivity index (χ2v) is 9.90. The van der Waals surface area contributed by atoms with Gasteiger partial charge in [0, 0.05) is 30.4 Å². The molecule has 2 aromatic heterocycles. The average molecular weight is 526 g/mol. The molecule has 0 aliphatic heterocycles. The molecule has 0 aliphatic rings. The molecule has 10 nitrogen and oxygen atoms in total. The van der Waals surface area contributed by atoms with Crippen LogP contribution >= 0.6 is 0 Å². The van der Waals surface area contributed by atoms with Crippen molar-refractivity contribution in [1.82, 2.24) is 25.3 Å². The number of rotatable bonds is 13. The highest BCUT2D eigenvalue weighted by Gasteiger charge is 2.17. The molecule has 202 valence electrons. The van der Waals surface area contributed by atoms with Gasteiger partial charge in [0.15, 0.2) is 11.6 Å². The lowest BCUT2D eigenvalue weighted by atomic mass is 10.1. The molecule has 10 heteroatoms. The Balaban J connectivity index is 1.57. The van der Waals surface area contributed by atoms with E-state index in [1.807, 2.05) is 60.7 Å². The molecular weight excluding hydrogens is 490 g/mol. The molecule has 0 fully saturated rings. The van der Waals surface area contributed by atoms with Crippen molar-refractivity contribution in [2.45, 2.75) is 34.2 Å². The van der Waals surface area contributed by atoms with Crippen molar-refractivity contribution < 1.29 is 4.42 Å². The first-order valence-corrected chi connectivity index (χ1v) is 13.1. The number of benzene rings is 2. The highest BCUT2D eigenvalue weighted by Crippen LogP contribution is 2.32. The van der Waals surface area contributed by atoms with Gasteiger partial charge < -0.3 is 20.4 Å². The standard InChI is InChI=1S/C29H35N9O/c1-19(2)15-32-28-35-27(36-29(37-28)33-16-20(3)4)23(38-30)17-31-18-24-34-25(21-11-7-5-8-12-21)26(39-24)22-13-9-6-10-14-22/h5-14,17,19-20,30-31H,15-16,18H2,1-4H3,(H2,32,33,35,36,37)/b23-17-,38-30?. The summed E-state index contributed by atoms with van der Waals surface area (Å²) >= 11 is 0. The lowest BCUT2D eigenvalue weighted by Gasteiger charge is -2.12. The van der Waals surface area contributed by atoms with Gasteiger partial charge in [0.2, 0.25) is 17.8 Å². The predicted molar refractivity (Wildman–Crippen MR) is 154 cm³/mol. The van der Waals surface area contributed by atoms with Crippen LogP contribution in [0, 0.1) is 17.4 Å². The zero-order chi connectivity index (χ0) is 27.6. The maximum atomic E-state index is 7.76. The van der Waals surface area contributed by atoms with E-state index < -0.39 is 0 Å². The number of hydrogen-bond acceptors (Lipinski definition) is 10. The van der Waals surface area contributed by atoms with E-state index in [0.717, 1.165) is 16.8 Å². The highest BCUT2D eigenvalue weighted by atomic mass is 16.4. The van der Waals surface area contributed by atoms with Gasteiger partial charge in [0.1, 0.15) is 11.4 Å². The summed E-state index contributed by atoms with van der Waals surface area (Å²) < 4.78 is 6.18. The topological polar surface area (TPSA) is 137 Å². The lowest BCUT2D eigenvalue weighted by molar-refractivity contribution is 0.495. The Morgan fingerprint density at radius 3 is 1.92 bits per heavy atom. The summed E-state index contributed by atoms with van der Waals surface area (Å²) in [6.45, 7) is 10.1. The Morgan fingerprint density at radius 2 is 1.38 bits per heavy atom. The first-order chi connectivity index (χ1) is 18.9. The Kier molecular flexibility index (Phi) is 9.34. The van der Waals surface area contributed by atoms with Gasteiger partial charge in [-0.05, 0) is 11.8 Å². The molecule has 4 rings (SSSR count). The largest absolute Gasteiger partial charge is 0.438 e. The van der Waals surface area contributed by atoms with Crippen molar-refractivity contribution in [3.05, 3.63) is 78.6 Å². The second kappa shape index (κ2) is 13.3. The molecule has 2 heterocycles. The van der Waals surface area contributed by atoms with Gasteiger partial charge in [-0.1, -0.05) is 88.4 Å². The van der Waals surface area contributed by atoms with Crippen LogP contribution in [0.25, 0.3) is 28.3 Å². The first kappa shape index (κ1) is 27.4. The number of hydrogen-bond donors (Lipinski definition) is 4. The third kappa shape index (κ3) is 7.70. The highest BCUT2D eigenvalue weighted by molar-refractivity contribution is 5.76. The van der Waals surface area contributed by atoms with Crippen molar-refractivity contribution in [3.63, 3.8) is 0 Å².